The smallest absolute Gasteiger partial charge is 0.191 e. The van der Waals surface area contributed by atoms with Gasteiger partial charge in [0.2, 0.25) is 0 Å². The quantitative estimate of drug-likeness (QED) is 0.255. The third-order valence-corrected chi connectivity index (χ3v) is 4.95. The zero-order valence-corrected chi connectivity index (χ0v) is 19.6. The van der Waals surface area contributed by atoms with Gasteiger partial charge in [-0.05, 0) is 52.2 Å². The molecule has 160 valence electrons. The Bertz CT molecular complexity index is 793. The lowest BCUT2D eigenvalue weighted by Gasteiger charge is -2.19. The number of rotatable bonds is 7. The molecule has 7 nitrogen and oxygen atoms in total. The second-order valence-corrected chi connectivity index (χ2v) is 7.05. The molecule has 0 bridgehead atoms. The minimum atomic E-state index is -0.275. The van der Waals surface area contributed by atoms with Crippen LogP contribution in [0.4, 0.5) is 10.2 Å². The second-order valence-electron chi connectivity index (χ2n) is 7.05. The molecule has 1 atom stereocenters. The van der Waals surface area contributed by atoms with Gasteiger partial charge in [-0.3, -0.25) is 4.99 Å². The van der Waals surface area contributed by atoms with Crippen molar-refractivity contribution in [3.8, 4) is 0 Å². The third kappa shape index (κ3) is 6.28. The predicted octanol–water partition coefficient (Wildman–Crippen LogP) is 3.21. The summed E-state index contributed by atoms with van der Waals surface area (Å²) in [7, 11) is 0. The summed E-state index contributed by atoms with van der Waals surface area (Å²) in [6, 6.07) is 3.28. The van der Waals surface area contributed by atoms with Crippen LogP contribution in [0.3, 0.4) is 0 Å². The van der Waals surface area contributed by atoms with E-state index in [2.05, 4.69) is 25.8 Å². The minimum Gasteiger partial charge on any atom is -0.361 e. The summed E-state index contributed by atoms with van der Waals surface area (Å²) in [6.45, 7) is 8.95. The summed E-state index contributed by atoms with van der Waals surface area (Å²) in [5, 5.41) is 10.8. The molecule has 1 aliphatic heterocycles. The fraction of sp³-hybridized carbons (Fsp3) is 0.550. The highest BCUT2D eigenvalue weighted by Gasteiger charge is 2.25. The van der Waals surface area contributed by atoms with Crippen molar-refractivity contribution in [3.63, 3.8) is 0 Å². The zero-order chi connectivity index (χ0) is 19.9. The maximum Gasteiger partial charge on any atom is 0.191 e. The van der Waals surface area contributed by atoms with E-state index in [9.17, 15) is 4.39 Å². The Morgan fingerprint density at radius 1 is 1.41 bits per heavy atom. The third-order valence-electron chi connectivity index (χ3n) is 4.95. The molecule has 1 fully saturated rings. The Balaban J connectivity index is 0.00000300. The summed E-state index contributed by atoms with van der Waals surface area (Å²) in [6.07, 6.45) is 4.37. The average Bonchev–Trinajstić information content (AvgIpc) is 3.26. The topological polar surface area (TPSA) is 78.6 Å². The van der Waals surface area contributed by atoms with Gasteiger partial charge < -0.3 is 20.1 Å². The van der Waals surface area contributed by atoms with Gasteiger partial charge in [-0.15, -0.1) is 24.0 Å². The molecule has 0 spiro atoms. The molecule has 3 rings (SSSR count). The SMILES string of the molecule is CCNC(=NCCCc1c(C)noc1C)NC1CCN(c2ncccc2F)C1.I. The first-order chi connectivity index (χ1) is 13.6. The molecule has 0 radical (unpaired) electrons. The number of aromatic nitrogens is 2. The van der Waals surface area contributed by atoms with E-state index < -0.39 is 0 Å². The lowest BCUT2D eigenvalue weighted by molar-refractivity contribution is 0.392. The van der Waals surface area contributed by atoms with E-state index in [1.54, 1.807) is 12.3 Å². The van der Waals surface area contributed by atoms with Crippen LogP contribution in [0, 0.1) is 19.7 Å². The molecular weight excluding hydrogens is 486 g/mol. The number of pyridine rings is 1. The molecule has 3 heterocycles. The number of anilines is 1. The van der Waals surface area contributed by atoms with Gasteiger partial charge in [0.1, 0.15) is 5.76 Å². The van der Waals surface area contributed by atoms with Gasteiger partial charge in [0.25, 0.3) is 0 Å². The van der Waals surface area contributed by atoms with Crippen LogP contribution in [-0.2, 0) is 6.42 Å². The van der Waals surface area contributed by atoms with Gasteiger partial charge in [0, 0.05) is 44.0 Å². The molecule has 2 aromatic rings. The van der Waals surface area contributed by atoms with Gasteiger partial charge in [-0.25, -0.2) is 9.37 Å². The van der Waals surface area contributed by atoms with Gasteiger partial charge in [-0.2, -0.15) is 0 Å². The highest BCUT2D eigenvalue weighted by Crippen LogP contribution is 2.20. The van der Waals surface area contributed by atoms with Gasteiger partial charge in [-0.1, -0.05) is 5.16 Å². The van der Waals surface area contributed by atoms with Crippen molar-refractivity contribution < 1.29 is 8.91 Å². The summed E-state index contributed by atoms with van der Waals surface area (Å²) in [5.41, 5.74) is 2.14. The van der Waals surface area contributed by atoms with Crippen LogP contribution < -0.4 is 15.5 Å². The largest absolute Gasteiger partial charge is 0.361 e. The van der Waals surface area contributed by atoms with Crippen LogP contribution in [0.15, 0.2) is 27.8 Å². The Hall–Kier alpha value is -1.91. The molecule has 2 N–H and O–H groups in total. The summed E-state index contributed by atoms with van der Waals surface area (Å²) < 4.78 is 19.2. The monoisotopic (exact) mass is 516 g/mol. The molecule has 0 aliphatic carbocycles. The molecule has 9 heteroatoms. The predicted molar refractivity (Wildman–Crippen MR) is 124 cm³/mol. The zero-order valence-electron chi connectivity index (χ0n) is 17.2. The van der Waals surface area contributed by atoms with Crippen LogP contribution in [0.25, 0.3) is 0 Å². The van der Waals surface area contributed by atoms with Crippen molar-refractivity contribution >= 4 is 35.8 Å². The first-order valence-electron chi connectivity index (χ1n) is 9.90. The van der Waals surface area contributed by atoms with E-state index in [1.165, 1.54) is 11.6 Å². The molecule has 0 amide bonds. The van der Waals surface area contributed by atoms with Crippen molar-refractivity contribution in [3.05, 3.63) is 41.2 Å². The highest BCUT2D eigenvalue weighted by molar-refractivity contribution is 14.0. The lowest BCUT2D eigenvalue weighted by Crippen LogP contribution is -2.44. The standard InChI is InChI=1S/C20H29FN6O.HI/c1-4-22-20(24-11-5-7-17-14(2)26-28-15(17)3)25-16-9-12-27(13-16)19-18(21)8-6-10-23-19;/h6,8,10,16H,4-5,7,9,11-13H2,1-3H3,(H2,22,24,25);1H. The summed E-state index contributed by atoms with van der Waals surface area (Å²) in [4.78, 5) is 10.8. The molecular formula is C20H30FIN6O. The molecule has 1 unspecified atom stereocenters. The highest BCUT2D eigenvalue weighted by atomic mass is 127. The lowest BCUT2D eigenvalue weighted by atomic mass is 10.1. The number of halogens is 2. The Morgan fingerprint density at radius 3 is 2.93 bits per heavy atom. The number of nitrogens with zero attached hydrogens (tertiary/aromatic N) is 4. The van der Waals surface area contributed by atoms with Crippen molar-refractivity contribution in [2.75, 3.05) is 31.1 Å². The van der Waals surface area contributed by atoms with Crippen LogP contribution in [0.5, 0.6) is 0 Å². The van der Waals surface area contributed by atoms with E-state index in [-0.39, 0.29) is 35.8 Å². The number of nitrogens with one attached hydrogen (secondary N) is 2. The fourth-order valence-corrected chi connectivity index (χ4v) is 3.50. The maximum absolute atomic E-state index is 14.0. The van der Waals surface area contributed by atoms with E-state index in [0.717, 1.165) is 49.8 Å². The van der Waals surface area contributed by atoms with Gasteiger partial charge in [0.15, 0.2) is 17.6 Å². The molecule has 1 aliphatic rings. The van der Waals surface area contributed by atoms with Crippen LogP contribution >= 0.6 is 24.0 Å². The average molecular weight is 516 g/mol. The first kappa shape index (κ1) is 23.4. The minimum absolute atomic E-state index is 0. The number of hydrogen-bond donors (Lipinski definition) is 2. The Morgan fingerprint density at radius 2 is 2.24 bits per heavy atom. The summed E-state index contributed by atoms with van der Waals surface area (Å²) in [5.74, 6) is 1.84. The second kappa shape index (κ2) is 11.3. The van der Waals surface area contributed by atoms with Crippen molar-refractivity contribution in [2.45, 2.75) is 46.1 Å². The normalized spacial score (nSPS) is 16.6. The van der Waals surface area contributed by atoms with Crippen molar-refractivity contribution in [1.82, 2.24) is 20.8 Å². The number of guanidine groups is 1. The van der Waals surface area contributed by atoms with E-state index >= 15 is 0 Å². The molecule has 0 aromatic carbocycles. The van der Waals surface area contributed by atoms with Gasteiger partial charge in [0.05, 0.1) is 5.69 Å². The maximum atomic E-state index is 14.0. The van der Waals surface area contributed by atoms with Gasteiger partial charge >= 0.3 is 0 Å². The fourth-order valence-electron chi connectivity index (χ4n) is 3.50. The van der Waals surface area contributed by atoms with Crippen molar-refractivity contribution in [2.24, 2.45) is 4.99 Å². The van der Waals surface area contributed by atoms with Crippen LogP contribution in [0.2, 0.25) is 0 Å². The number of aliphatic imine (C=N–C) groups is 1. The Kier molecular flexibility index (Phi) is 9.12. The number of hydrogen-bond acceptors (Lipinski definition) is 5. The van der Waals surface area contributed by atoms with E-state index in [0.29, 0.717) is 18.9 Å². The van der Waals surface area contributed by atoms with Crippen LogP contribution in [-0.4, -0.2) is 48.3 Å². The summed E-state index contributed by atoms with van der Waals surface area (Å²) >= 11 is 0. The first-order valence-corrected chi connectivity index (χ1v) is 9.90. The molecule has 2 aromatic heterocycles. The van der Waals surface area contributed by atoms with Crippen molar-refractivity contribution in [1.29, 1.82) is 0 Å². The van der Waals surface area contributed by atoms with Crippen LogP contribution in [0.1, 0.15) is 36.8 Å². The van der Waals surface area contributed by atoms with E-state index in [4.69, 9.17) is 4.52 Å². The van der Waals surface area contributed by atoms with E-state index in [1.807, 2.05) is 25.7 Å². The number of aryl methyl sites for hydroxylation is 2. The Labute approximate surface area is 188 Å². The molecule has 29 heavy (non-hydrogen) atoms. The molecule has 0 saturated carbocycles. The molecule has 1 saturated heterocycles.